The molecule has 0 saturated carbocycles. The van der Waals surface area contributed by atoms with Crippen LogP contribution in [-0.2, 0) is 0 Å². The first-order valence-corrected chi connectivity index (χ1v) is 5.97. The monoisotopic (exact) mass is 272 g/mol. The van der Waals surface area contributed by atoms with Crippen molar-refractivity contribution in [3.05, 3.63) is 37.7 Å². The van der Waals surface area contributed by atoms with Crippen molar-refractivity contribution in [2.75, 3.05) is 5.32 Å². The molecule has 0 saturated heterocycles. The summed E-state index contributed by atoms with van der Waals surface area (Å²) in [6.45, 7) is 1.90. The van der Waals surface area contributed by atoms with Gasteiger partial charge in [0.2, 0.25) is 0 Å². The van der Waals surface area contributed by atoms with Gasteiger partial charge in [0, 0.05) is 4.88 Å². The van der Waals surface area contributed by atoms with E-state index in [1.54, 1.807) is 6.07 Å². The Labute approximate surface area is 106 Å². The number of hydrogen-bond donors (Lipinski definition) is 2. The minimum Gasteiger partial charge on any atom is -0.369 e. The van der Waals surface area contributed by atoms with Crippen LogP contribution in [-0.4, -0.2) is 15.1 Å². The van der Waals surface area contributed by atoms with E-state index >= 15 is 0 Å². The Morgan fingerprint density at radius 1 is 1.65 bits per heavy atom. The summed E-state index contributed by atoms with van der Waals surface area (Å²) in [7, 11) is 0. The average Bonchev–Trinajstić information content (AvgIpc) is 2.86. The Kier molecular flexibility index (Phi) is 3.30. The quantitative estimate of drug-likeness (QED) is 0.661. The van der Waals surface area contributed by atoms with Gasteiger partial charge in [0.15, 0.2) is 5.69 Å². The normalized spacial score (nSPS) is 12.4. The first kappa shape index (κ1) is 11.9. The third-order valence-corrected chi connectivity index (χ3v) is 3.61. The largest absolute Gasteiger partial charge is 0.369 e. The van der Waals surface area contributed by atoms with E-state index < -0.39 is 4.92 Å². The first-order valence-electron chi connectivity index (χ1n) is 4.77. The Morgan fingerprint density at radius 3 is 3.00 bits per heavy atom. The highest BCUT2D eigenvalue weighted by Gasteiger charge is 2.17. The van der Waals surface area contributed by atoms with E-state index in [0.29, 0.717) is 10.0 Å². The lowest BCUT2D eigenvalue weighted by atomic mass is 10.2. The van der Waals surface area contributed by atoms with Gasteiger partial charge in [-0.1, -0.05) is 16.7 Å². The summed E-state index contributed by atoms with van der Waals surface area (Å²) in [6, 6.07) is 3.61. The van der Waals surface area contributed by atoms with Gasteiger partial charge in [0.25, 0.3) is 0 Å². The molecule has 0 aliphatic carbocycles. The molecule has 0 aromatic carbocycles. The van der Waals surface area contributed by atoms with Crippen LogP contribution in [0.4, 0.5) is 11.5 Å². The molecule has 17 heavy (non-hydrogen) atoms. The number of aromatic nitrogens is 2. The van der Waals surface area contributed by atoms with Gasteiger partial charge >= 0.3 is 5.82 Å². The molecule has 0 bridgehead atoms. The summed E-state index contributed by atoms with van der Waals surface area (Å²) in [5.41, 5.74) is 0.368. The predicted octanol–water partition coefficient (Wildman–Crippen LogP) is 3.21. The zero-order chi connectivity index (χ0) is 12.4. The van der Waals surface area contributed by atoms with E-state index in [0.717, 1.165) is 4.88 Å². The van der Waals surface area contributed by atoms with Gasteiger partial charge in [0.05, 0.1) is 10.4 Å². The summed E-state index contributed by atoms with van der Waals surface area (Å²) in [4.78, 5) is 11.2. The van der Waals surface area contributed by atoms with Gasteiger partial charge in [0.1, 0.15) is 6.20 Å². The Bertz CT molecular complexity index is 539. The third-order valence-electron chi connectivity index (χ3n) is 2.19. The number of aromatic amines is 1. The van der Waals surface area contributed by atoms with E-state index in [4.69, 9.17) is 11.6 Å². The predicted molar refractivity (Wildman–Crippen MR) is 66.6 cm³/mol. The fraction of sp³-hybridized carbons (Fsp3) is 0.222. The van der Waals surface area contributed by atoms with E-state index in [9.17, 15) is 10.1 Å². The minimum absolute atomic E-state index is 0.0659. The highest BCUT2D eigenvalue weighted by molar-refractivity contribution is 7.16. The number of nitrogens with zero attached hydrogens (tertiary/aromatic N) is 2. The summed E-state index contributed by atoms with van der Waals surface area (Å²) in [6.07, 6.45) is 1.39. The van der Waals surface area contributed by atoms with Crippen LogP contribution in [0.25, 0.3) is 0 Å². The number of halogens is 1. The molecule has 0 radical (unpaired) electrons. The second-order valence-corrected chi connectivity index (χ2v) is 5.14. The molecule has 2 aromatic heterocycles. The number of H-pyrrole nitrogens is 1. The van der Waals surface area contributed by atoms with Crippen LogP contribution < -0.4 is 5.32 Å². The fourth-order valence-corrected chi connectivity index (χ4v) is 2.45. The van der Waals surface area contributed by atoms with Gasteiger partial charge in [-0.25, -0.2) is 0 Å². The Hall–Kier alpha value is -1.60. The van der Waals surface area contributed by atoms with Crippen molar-refractivity contribution in [1.82, 2.24) is 10.2 Å². The highest BCUT2D eigenvalue weighted by atomic mass is 35.5. The minimum atomic E-state index is -0.510. The van der Waals surface area contributed by atoms with Gasteiger partial charge < -0.3 is 15.4 Å². The van der Waals surface area contributed by atoms with Crippen LogP contribution in [0, 0.1) is 10.1 Å². The van der Waals surface area contributed by atoms with Crippen LogP contribution >= 0.6 is 22.9 Å². The molecular weight excluding hydrogens is 264 g/mol. The Morgan fingerprint density at radius 2 is 2.41 bits per heavy atom. The SMILES string of the molecule is CC(Nc1cn[nH]c1[N+](=O)[O-])c1ccc(Cl)s1. The second kappa shape index (κ2) is 4.72. The lowest BCUT2D eigenvalue weighted by Crippen LogP contribution is -2.05. The molecule has 8 heteroatoms. The average molecular weight is 273 g/mol. The molecule has 90 valence electrons. The van der Waals surface area contributed by atoms with Crippen molar-refractivity contribution in [3.63, 3.8) is 0 Å². The molecule has 0 amide bonds. The smallest absolute Gasteiger partial charge is 0.366 e. The fourth-order valence-electron chi connectivity index (χ4n) is 1.39. The maximum Gasteiger partial charge on any atom is 0.366 e. The van der Waals surface area contributed by atoms with Crippen molar-refractivity contribution in [2.24, 2.45) is 0 Å². The van der Waals surface area contributed by atoms with Gasteiger partial charge in [-0.15, -0.1) is 16.4 Å². The summed E-state index contributed by atoms with van der Waals surface area (Å²) in [5.74, 6) is -0.139. The van der Waals surface area contributed by atoms with Crippen molar-refractivity contribution >= 4 is 34.4 Å². The standard InChI is InChI=1S/C9H9ClN4O2S/c1-5(7-2-3-8(10)17-7)12-6-4-11-13-9(6)14(15)16/h2-5,12H,1H3,(H,11,13). The molecule has 1 unspecified atom stereocenters. The van der Waals surface area contributed by atoms with Crippen molar-refractivity contribution in [3.8, 4) is 0 Å². The van der Waals surface area contributed by atoms with Crippen LogP contribution in [0.15, 0.2) is 18.3 Å². The van der Waals surface area contributed by atoms with Crippen LogP contribution in [0.2, 0.25) is 4.34 Å². The number of rotatable bonds is 4. The highest BCUT2D eigenvalue weighted by Crippen LogP contribution is 2.30. The van der Waals surface area contributed by atoms with Crippen LogP contribution in [0.5, 0.6) is 0 Å². The van der Waals surface area contributed by atoms with Crippen LogP contribution in [0.1, 0.15) is 17.8 Å². The number of nitro groups is 1. The zero-order valence-corrected chi connectivity index (χ0v) is 10.4. The second-order valence-electron chi connectivity index (χ2n) is 3.40. The maximum absolute atomic E-state index is 10.7. The van der Waals surface area contributed by atoms with E-state index in [-0.39, 0.29) is 11.9 Å². The topological polar surface area (TPSA) is 83.8 Å². The summed E-state index contributed by atoms with van der Waals surface area (Å²) < 4.78 is 0.690. The Balaban J connectivity index is 2.15. The van der Waals surface area contributed by atoms with Gasteiger partial charge in [-0.05, 0) is 24.0 Å². The van der Waals surface area contributed by atoms with Crippen LogP contribution in [0.3, 0.4) is 0 Å². The molecule has 0 spiro atoms. The van der Waals surface area contributed by atoms with Crippen molar-refractivity contribution in [2.45, 2.75) is 13.0 Å². The summed E-state index contributed by atoms with van der Waals surface area (Å²) in [5, 5.41) is 19.7. The van der Waals surface area contributed by atoms with E-state index in [1.165, 1.54) is 17.5 Å². The number of hydrogen-bond acceptors (Lipinski definition) is 5. The molecular formula is C9H9ClN4O2S. The molecule has 0 aliphatic heterocycles. The van der Waals surface area contributed by atoms with E-state index in [2.05, 4.69) is 15.5 Å². The molecule has 2 aromatic rings. The van der Waals surface area contributed by atoms with E-state index in [1.807, 2.05) is 13.0 Å². The van der Waals surface area contributed by atoms with Crippen molar-refractivity contribution < 1.29 is 4.92 Å². The zero-order valence-electron chi connectivity index (χ0n) is 8.81. The lowest BCUT2D eigenvalue weighted by molar-refractivity contribution is -0.388. The molecule has 0 aliphatic rings. The molecule has 2 rings (SSSR count). The maximum atomic E-state index is 10.7. The number of thiophene rings is 1. The molecule has 1 atom stereocenters. The summed E-state index contributed by atoms with van der Waals surface area (Å²) >= 11 is 7.27. The molecule has 2 heterocycles. The number of nitrogens with one attached hydrogen (secondary N) is 2. The number of anilines is 1. The van der Waals surface area contributed by atoms with Gasteiger partial charge in [-0.3, -0.25) is 0 Å². The third kappa shape index (κ3) is 2.56. The molecule has 2 N–H and O–H groups in total. The molecule has 6 nitrogen and oxygen atoms in total. The van der Waals surface area contributed by atoms with Gasteiger partial charge in [-0.2, -0.15) is 0 Å². The lowest BCUT2D eigenvalue weighted by Gasteiger charge is -2.11. The first-order chi connectivity index (χ1) is 8.08. The molecule has 0 fully saturated rings. The van der Waals surface area contributed by atoms with Crippen molar-refractivity contribution in [1.29, 1.82) is 0 Å².